The van der Waals surface area contributed by atoms with E-state index in [-0.39, 0.29) is 48.9 Å². The number of halogens is 2. The van der Waals surface area contributed by atoms with Crippen molar-refractivity contribution in [2.24, 2.45) is 5.14 Å². The fraction of sp³-hybridized carbons (Fsp3) is 0.419. The molecule has 0 unspecified atom stereocenters. The molecule has 2 aromatic carbocycles. The number of hydrogen-bond donors (Lipinski definition) is 3. The Bertz CT molecular complexity index is 1670. The molecule has 46 heavy (non-hydrogen) atoms. The average molecular weight is 699 g/mol. The van der Waals surface area contributed by atoms with Crippen LogP contribution in [0.3, 0.4) is 0 Å². The number of morpholine rings is 1. The van der Waals surface area contributed by atoms with Gasteiger partial charge in [-0.15, -0.1) is 0 Å². The second-order valence-corrected chi connectivity index (χ2v) is 13.9. The molecule has 2 heterocycles. The summed E-state index contributed by atoms with van der Waals surface area (Å²) in [5.74, 6) is -2.54. The van der Waals surface area contributed by atoms with E-state index in [1.54, 1.807) is 50.2 Å². The zero-order valence-corrected chi connectivity index (χ0v) is 28.1. The summed E-state index contributed by atoms with van der Waals surface area (Å²) in [5.41, 5.74) is -0.0419. The van der Waals surface area contributed by atoms with Crippen LogP contribution < -0.4 is 10.5 Å². The van der Waals surface area contributed by atoms with Crippen molar-refractivity contribution in [2.45, 2.75) is 75.6 Å². The van der Waals surface area contributed by atoms with Gasteiger partial charge in [-0.1, -0.05) is 35.3 Å². The summed E-state index contributed by atoms with van der Waals surface area (Å²) >= 11 is 12.3. The molecule has 1 aromatic heterocycles. The van der Waals surface area contributed by atoms with Crippen molar-refractivity contribution in [3.63, 3.8) is 0 Å². The SMILES string of the molecule is C[C@@H]1N([C@@H](C)OC(=O)CCCOC(=O)c2cc(S(N)(=O)=O)c(Cl)cc2NCc2ccco2)C(C)(C)CO[C@@]1(O)c1cccc(Cl)c1. The number of nitrogens with one attached hydrogen (secondary N) is 1. The lowest BCUT2D eigenvalue weighted by atomic mass is 9.89. The second kappa shape index (κ2) is 14.3. The molecule has 15 heteroatoms. The van der Waals surface area contributed by atoms with E-state index in [0.717, 1.165) is 6.07 Å². The van der Waals surface area contributed by atoms with Crippen LogP contribution in [0.4, 0.5) is 5.69 Å². The molecule has 1 aliphatic heterocycles. The molecule has 12 nitrogen and oxygen atoms in total. The van der Waals surface area contributed by atoms with Gasteiger partial charge >= 0.3 is 11.9 Å². The van der Waals surface area contributed by atoms with Crippen molar-refractivity contribution in [3.05, 3.63) is 81.7 Å². The molecule has 250 valence electrons. The lowest BCUT2D eigenvalue weighted by Gasteiger charge is -2.54. The van der Waals surface area contributed by atoms with Crippen molar-refractivity contribution >= 4 is 50.9 Å². The van der Waals surface area contributed by atoms with Crippen molar-refractivity contribution in [1.82, 2.24) is 4.90 Å². The molecule has 3 aromatic rings. The Balaban J connectivity index is 1.37. The number of benzene rings is 2. The van der Waals surface area contributed by atoms with Gasteiger partial charge in [0.1, 0.15) is 10.7 Å². The minimum absolute atomic E-state index is 0.0814. The lowest BCUT2D eigenvalue weighted by molar-refractivity contribution is -0.320. The predicted octanol–water partition coefficient (Wildman–Crippen LogP) is 5.02. The molecule has 0 bridgehead atoms. The Morgan fingerprint density at radius 1 is 1.20 bits per heavy atom. The highest BCUT2D eigenvalue weighted by atomic mass is 35.5. The highest BCUT2D eigenvalue weighted by molar-refractivity contribution is 7.89. The van der Waals surface area contributed by atoms with E-state index in [2.05, 4.69) is 5.32 Å². The molecule has 1 fully saturated rings. The van der Waals surface area contributed by atoms with Gasteiger partial charge in [0.2, 0.25) is 15.8 Å². The molecule has 0 aliphatic carbocycles. The number of ether oxygens (including phenoxy) is 3. The molecule has 3 atom stereocenters. The van der Waals surface area contributed by atoms with E-state index in [9.17, 15) is 23.1 Å². The van der Waals surface area contributed by atoms with Gasteiger partial charge in [-0.2, -0.15) is 0 Å². The quantitative estimate of drug-likeness (QED) is 0.172. The first-order chi connectivity index (χ1) is 21.5. The van der Waals surface area contributed by atoms with E-state index in [0.29, 0.717) is 16.3 Å². The standard InChI is InChI=1S/C31H37Cl2N3O9S/c1-19-31(39,21-8-5-9-22(32)14-21)44-18-30(3,4)36(19)20(2)45-28(37)11-7-13-43-29(38)24-15-27(46(34,40)41)25(33)16-26(24)35-17-23-10-6-12-42-23/h5-6,8-10,12,14-16,19-20,35,39H,7,11,13,17-18H2,1-4H3,(H2,34,40,41)/t19-,20+,31+/m0/s1. The largest absolute Gasteiger partial charge is 0.467 e. The van der Waals surface area contributed by atoms with Crippen LogP contribution in [0.5, 0.6) is 0 Å². The van der Waals surface area contributed by atoms with Crippen molar-refractivity contribution in [2.75, 3.05) is 18.5 Å². The number of furan rings is 1. The Labute approximate surface area is 277 Å². The Hall–Kier alpha value is -3.17. The van der Waals surface area contributed by atoms with E-state index in [1.807, 2.05) is 18.7 Å². The first-order valence-electron chi connectivity index (χ1n) is 14.4. The third kappa shape index (κ3) is 8.21. The Morgan fingerprint density at radius 2 is 1.93 bits per heavy atom. The number of primary sulfonamides is 1. The number of esters is 2. The number of hydrogen-bond acceptors (Lipinski definition) is 11. The normalized spacial score (nSPS) is 20.6. The molecule has 4 rings (SSSR count). The molecule has 0 radical (unpaired) electrons. The first kappa shape index (κ1) is 35.7. The molecule has 4 N–H and O–H groups in total. The zero-order chi connectivity index (χ0) is 33.9. The van der Waals surface area contributed by atoms with Gasteiger partial charge in [0.25, 0.3) is 0 Å². The van der Waals surface area contributed by atoms with E-state index in [1.165, 1.54) is 12.3 Å². The molecule has 0 saturated carbocycles. The van der Waals surface area contributed by atoms with Gasteiger partial charge in [-0.05, 0) is 70.5 Å². The van der Waals surface area contributed by atoms with Gasteiger partial charge in [-0.25, -0.2) is 18.4 Å². The maximum absolute atomic E-state index is 13.0. The molecule has 1 aliphatic rings. The summed E-state index contributed by atoms with van der Waals surface area (Å²) in [6.45, 7) is 7.48. The number of carbonyl (C=O) groups is 2. The van der Waals surface area contributed by atoms with Crippen LogP contribution in [0.15, 0.2) is 64.1 Å². The van der Waals surface area contributed by atoms with Crippen LogP contribution in [-0.4, -0.2) is 61.4 Å². The third-order valence-electron chi connectivity index (χ3n) is 7.65. The van der Waals surface area contributed by atoms with Crippen molar-refractivity contribution in [1.29, 1.82) is 0 Å². The number of rotatable bonds is 12. The van der Waals surface area contributed by atoms with Crippen LogP contribution >= 0.6 is 23.2 Å². The summed E-state index contributed by atoms with van der Waals surface area (Å²) < 4.78 is 46.4. The number of sulfonamides is 1. The maximum atomic E-state index is 13.0. The number of nitrogens with zero attached hydrogens (tertiary/aromatic N) is 1. The van der Waals surface area contributed by atoms with E-state index in [4.69, 9.17) is 47.0 Å². The van der Waals surface area contributed by atoms with Crippen LogP contribution in [0.1, 0.15) is 62.2 Å². The number of nitrogens with two attached hydrogens (primary N) is 1. The minimum atomic E-state index is -4.24. The fourth-order valence-electron chi connectivity index (χ4n) is 5.48. The fourth-order valence-corrected chi connectivity index (χ4v) is 6.77. The highest BCUT2D eigenvalue weighted by Crippen LogP contribution is 2.41. The van der Waals surface area contributed by atoms with Crippen LogP contribution in [0.25, 0.3) is 0 Å². The molecule has 1 saturated heterocycles. The molecule has 0 spiro atoms. The summed E-state index contributed by atoms with van der Waals surface area (Å²) in [5, 5.41) is 20.1. The van der Waals surface area contributed by atoms with Crippen LogP contribution in [0.2, 0.25) is 10.0 Å². The first-order valence-corrected chi connectivity index (χ1v) is 16.7. The van der Waals surface area contributed by atoms with E-state index < -0.39 is 50.5 Å². The average Bonchev–Trinajstić information content (AvgIpc) is 3.49. The molecular formula is C31H37Cl2N3O9S. The number of aliphatic hydroxyl groups is 1. The number of carbonyl (C=O) groups excluding carboxylic acids is 2. The van der Waals surface area contributed by atoms with Gasteiger partial charge in [0.05, 0.1) is 48.3 Å². The monoisotopic (exact) mass is 697 g/mol. The summed E-state index contributed by atoms with van der Waals surface area (Å²) in [6.07, 6.45) is 0.778. The van der Waals surface area contributed by atoms with Crippen molar-refractivity contribution < 1.29 is 41.7 Å². The predicted molar refractivity (Wildman–Crippen MR) is 171 cm³/mol. The summed E-state index contributed by atoms with van der Waals surface area (Å²) in [6, 6.07) is 11.8. The zero-order valence-electron chi connectivity index (χ0n) is 25.8. The molecule has 0 amide bonds. The topological polar surface area (TPSA) is 171 Å². The third-order valence-corrected chi connectivity index (χ3v) is 9.26. The molecular weight excluding hydrogens is 661 g/mol. The summed E-state index contributed by atoms with van der Waals surface area (Å²) in [7, 11) is -4.24. The summed E-state index contributed by atoms with van der Waals surface area (Å²) in [4.78, 5) is 27.3. The van der Waals surface area contributed by atoms with Crippen LogP contribution in [0, 0.1) is 0 Å². The number of anilines is 1. The minimum Gasteiger partial charge on any atom is -0.467 e. The van der Waals surface area contributed by atoms with Gasteiger partial charge in [-0.3, -0.25) is 9.69 Å². The van der Waals surface area contributed by atoms with Crippen LogP contribution in [-0.2, 0) is 41.4 Å². The second-order valence-electron chi connectivity index (χ2n) is 11.5. The van der Waals surface area contributed by atoms with E-state index >= 15 is 0 Å². The Morgan fingerprint density at radius 3 is 2.59 bits per heavy atom. The highest BCUT2D eigenvalue weighted by Gasteiger charge is 2.52. The Kier molecular flexibility index (Phi) is 11.1. The van der Waals surface area contributed by atoms with Gasteiger partial charge < -0.3 is 29.1 Å². The van der Waals surface area contributed by atoms with Gasteiger partial charge in [0, 0.05) is 22.5 Å². The lowest BCUT2D eigenvalue weighted by Crippen LogP contribution is -2.67. The smallest absolute Gasteiger partial charge is 0.340 e. The van der Waals surface area contributed by atoms with Crippen molar-refractivity contribution in [3.8, 4) is 0 Å². The van der Waals surface area contributed by atoms with Gasteiger partial charge in [0.15, 0.2) is 6.23 Å². The maximum Gasteiger partial charge on any atom is 0.340 e.